The van der Waals surface area contributed by atoms with Crippen molar-refractivity contribution in [2.24, 2.45) is 0 Å². The SMILES string of the molecule is COc1ccc(C)cc1NC(=O)CNc1c(C)cccc1C. The van der Waals surface area contributed by atoms with Crippen molar-refractivity contribution in [2.75, 3.05) is 24.3 Å². The van der Waals surface area contributed by atoms with Crippen LogP contribution in [0.3, 0.4) is 0 Å². The molecule has 0 spiro atoms. The Morgan fingerprint density at radius 1 is 1.09 bits per heavy atom. The molecule has 2 aromatic carbocycles. The van der Waals surface area contributed by atoms with Gasteiger partial charge in [0.25, 0.3) is 0 Å². The third-order valence-corrected chi connectivity index (χ3v) is 3.54. The molecular weight excluding hydrogens is 276 g/mol. The number of nitrogens with one attached hydrogen (secondary N) is 2. The predicted molar refractivity (Wildman–Crippen MR) is 90.8 cm³/mol. The van der Waals surface area contributed by atoms with Crippen LogP contribution in [0.1, 0.15) is 16.7 Å². The molecule has 0 atom stereocenters. The molecule has 22 heavy (non-hydrogen) atoms. The lowest BCUT2D eigenvalue weighted by atomic mass is 10.1. The first kappa shape index (κ1) is 15.9. The zero-order chi connectivity index (χ0) is 16.1. The summed E-state index contributed by atoms with van der Waals surface area (Å²) in [6.07, 6.45) is 0. The van der Waals surface area contributed by atoms with E-state index in [0.29, 0.717) is 11.4 Å². The third kappa shape index (κ3) is 3.79. The van der Waals surface area contributed by atoms with Crippen molar-refractivity contribution in [3.63, 3.8) is 0 Å². The first-order valence-corrected chi connectivity index (χ1v) is 7.26. The number of hydrogen-bond donors (Lipinski definition) is 2. The number of carbonyl (C=O) groups excluding carboxylic acids is 1. The molecular formula is C18H22N2O2. The van der Waals surface area contributed by atoms with Gasteiger partial charge in [-0.05, 0) is 49.6 Å². The number of carbonyl (C=O) groups is 1. The van der Waals surface area contributed by atoms with Gasteiger partial charge in [0.2, 0.25) is 5.91 Å². The van der Waals surface area contributed by atoms with Crippen LogP contribution in [-0.2, 0) is 4.79 Å². The molecule has 116 valence electrons. The van der Waals surface area contributed by atoms with Gasteiger partial charge in [-0.3, -0.25) is 4.79 Å². The van der Waals surface area contributed by atoms with Crippen molar-refractivity contribution >= 4 is 17.3 Å². The van der Waals surface area contributed by atoms with Crippen molar-refractivity contribution in [1.29, 1.82) is 0 Å². The van der Waals surface area contributed by atoms with Gasteiger partial charge in [0.05, 0.1) is 19.3 Å². The van der Waals surface area contributed by atoms with Crippen LogP contribution >= 0.6 is 0 Å². The second-order valence-electron chi connectivity index (χ2n) is 5.37. The van der Waals surface area contributed by atoms with E-state index in [2.05, 4.69) is 10.6 Å². The van der Waals surface area contributed by atoms with Crippen LogP contribution in [0, 0.1) is 20.8 Å². The van der Waals surface area contributed by atoms with Gasteiger partial charge in [0, 0.05) is 5.69 Å². The molecule has 2 N–H and O–H groups in total. The summed E-state index contributed by atoms with van der Waals surface area (Å²) in [6, 6.07) is 11.8. The Hall–Kier alpha value is -2.49. The molecule has 0 aliphatic heterocycles. The average molecular weight is 298 g/mol. The molecule has 4 heteroatoms. The number of benzene rings is 2. The van der Waals surface area contributed by atoms with Crippen molar-refractivity contribution in [3.05, 3.63) is 53.1 Å². The summed E-state index contributed by atoms with van der Waals surface area (Å²) >= 11 is 0. The minimum Gasteiger partial charge on any atom is -0.495 e. The van der Waals surface area contributed by atoms with E-state index in [1.807, 2.05) is 57.2 Å². The van der Waals surface area contributed by atoms with E-state index < -0.39 is 0 Å². The molecule has 0 aliphatic rings. The van der Waals surface area contributed by atoms with Crippen LogP contribution in [0.4, 0.5) is 11.4 Å². The van der Waals surface area contributed by atoms with Gasteiger partial charge in [-0.15, -0.1) is 0 Å². The predicted octanol–water partition coefficient (Wildman–Crippen LogP) is 3.67. The fourth-order valence-corrected chi connectivity index (χ4v) is 2.38. The fourth-order valence-electron chi connectivity index (χ4n) is 2.38. The molecule has 0 fully saturated rings. The molecule has 4 nitrogen and oxygen atoms in total. The topological polar surface area (TPSA) is 50.4 Å². The van der Waals surface area contributed by atoms with E-state index in [9.17, 15) is 4.79 Å². The number of rotatable bonds is 5. The zero-order valence-corrected chi connectivity index (χ0v) is 13.5. The van der Waals surface area contributed by atoms with Crippen molar-refractivity contribution in [3.8, 4) is 5.75 Å². The highest BCUT2D eigenvalue weighted by molar-refractivity contribution is 5.95. The maximum Gasteiger partial charge on any atom is 0.243 e. The van der Waals surface area contributed by atoms with Crippen molar-refractivity contribution in [1.82, 2.24) is 0 Å². The molecule has 2 aromatic rings. The lowest BCUT2D eigenvalue weighted by molar-refractivity contribution is -0.114. The number of methoxy groups -OCH3 is 1. The molecule has 0 aromatic heterocycles. The molecule has 0 saturated heterocycles. The standard InChI is InChI=1S/C18H22N2O2/c1-12-8-9-16(22-4)15(10-12)20-17(21)11-19-18-13(2)6-5-7-14(18)3/h5-10,19H,11H2,1-4H3,(H,20,21). The highest BCUT2D eigenvalue weighted by atomic mass is 16.5. The maximum atomic E-state index is 12.2. The number of hydrogen-bond acceptors (Lipinski definition) is 3. The van der Waals surface area contributed by atoms with Gasteiger partial charge >= 0.3 is 0 Å². The van der Waals surface area contributed by atoms with E-state index in [1.54, 1.807) is 7.11 Å². The average Bonchev–Trinajstić information content (AvgIpc) is 2.47. The fraction of sp³-hybridized carbons (Fsp3) is 0.278. The molecule has 0 aliphatic carbocycles. The molecule has 0 heterocycles. The van der Waals surface area contributed by atoms with Crippen LogP contribution in [0.25, 0.3) is 0 Å². The Morgan fingerprint density at radius 2 is 1.77 bits per heavy atom. The van der Waals surface area contributed by atoms with Gasteiger partial charge in [-0.25, -0.2) is 0 Å². The molecule has 1 amide bonds. The van der Waals surface area contributed by atoms with Crippen molar-refractivity contribution in [2.45, 2.75) is 20.8 Å². The summed E-state index contributed by atoms with van der Waals surface area (Å²) in [5.74, 6) is 0.553. The van der Waals surface area contributed by atoms with Crippen molar-refractivity contribution < 1.29 is 9.53 Å². The van der Waals surface area contributed by atoms with Crippen LogP contribution in [-0.4, -0.2) is 19.6 Å². The summed E-state index contributed by atoms with van der Waals surface area (Å²) in [5.41, 5.74) is 5.02. The number of amides is 1. The Morgan fingerprint density at radius 3 is 2.41 bits per heavy atom. The van der Waals surface area contributed by atoms with E-state index in [4.69, 9.17) is 4.74 Å². The van der Waals surface area contributed by atoms with Gasteiger partial charge in [-0.1, -0.05) is 24.3 Å². The van der Waals surface area contributed by atoms with Crippen LogP contribution in [0.5, 0.6) is 5.75 Å². The normalized spacial score (nSPS) is 10.2. The Bertz CT molecular complexity index is 661. The summed E-state index contributed by atoms with van der Waals surface area (Å²) < 4.78 is 5.27. The smallest absolute Gasteiger partial charge is 0.243 e. The van der Waals surface area contributed by atoms with Gasteiger partial charge < -0.3 is 15.4 Å². The van der Waals surface area contributed by atoms with Crippen LogP contribution < -0.4 is 15.4 Å². The largest absolute Gasteiger partial charge is 0.495 e. The number of para-hydroxylation sites is 1. The number of ether oxygens (including phenoxy) is 1. The first-order chi connectivity index (χ1) is 10.5. The molecule has 0 bridgehead atoms. The third-order valence-electron chi connectivity index (χ3n) is 3.54. The van der Waals surface area contributed by atoms with Gasteiger partial charge in [0.15, 0.2) is 0 Å². The van der Waals surface area contributed by atoms with E-state index in [-0.39, 0.29) is 12.5 Å². The van der Waals surface area contributed by atoms with Crippen LogP contribution in [0.15, 0.2) is 36.4 Å². The highest BCUT2D eigenvalue weighted by Crippen LogP contribution is 2.25. The number of aryl methyl sites for hydroxylation is 3. The second-order valence-corrected chi connectivity index (χ2v) is 5.37. The molecule has 0 unspecified atom stereocenters. The summed E-state index contributed by atoms with van der Waals surface area (Å²) in [7, 11) is 1.59. The Labute approximate surface area is 131 Å². The Balaban J connectivity index is 2.03. The van der Waals surface area contributed by atoms with E-state index in [1.165, 1.54) is 0 Å². The molecule has 2 rings (SSSR count). The lowest BCUT2D eigenvalue weighted by Gasteiger charge is -2.14. The van der Waals surface area contributed by atoms with E-state index >= 15 is 0 Å². The number of anilines is 2. The Kier molecular flexibility index (Phi) is 5.04. The molecule has 0 saturated carbocycles. The maximum absolute atomic E-state index is 12.2. The van der Waals surface area contributed by atoms with Gasteiger partial charge in [0.1, 0.15) is 5.75 Å². The quantitative estimate of drug-likeness (QED) is 0.885. The summed E-state index contributed by atoms with van der Waals surface area (Å²) in [5, 5.41) is 6.09. The van der Waals surface area contributed by atoms with E-state index in [0.717, 1.165) is 22.4 Å². The highest BCUT2D eigenvalue weighted by Gasteiger charge is 2.09. The minimum absolute atomic E-state index is 0.105. The minimum atomic E-state index is -0.105. The zero-order valence-electron chi connectivity index (χ0n) is 13.5. The molecule has 0 radical (unpaired) electrons. The lowest BCUT2D eigenvalue weighted by Crippen LogP contribution is -2.22. The summed E-state index contributed by atoms with van der Waals surface area (Å²) in [6.45, 7) is 6.24. The summed E-state index contributed by atoms with van der Waals surface area (Å²) in [4.78, 5) is 12.2. The first-order valence-electron chi connectivity index (χ1n) is 7.26. The second kappa shape index (κ2) is 6.98. The van der Waals surface area contributed by atoms with Crippen LogP contribution in [0.2, 0.25) is 0 Å². The van der Waals surface area contributed by atoms with Gasteiger partial charge in [-0.2, -0.15) is 0 Å². The monoisotopic (exact) mass is 298 g/mol.